The molecule has 1 heterocycles. The van der Waals surface area contributed by atoms with E-state index in [9.17, 15) is 9.59 Å². The minimum Gasteiger partial charge on any atom is -0.481 e. The number of amides is 1. The molecule has 6 heteroatoms. The fourth-order valence-electron chi connectivity index (χ4n) is 2.43. The maximum atomic E-state index is 12.2. The summed E-state index contributed by atoms with van der Waals surface area (Å²) in [6.45, 7) is 1.11. The number of benzene rings is 1. The highest BCUT2D eigenvalue weighted by atomic mass is 32.2. The average molecular weight is 323 g/mol. The number of hydrogen-bond donors (Lipinski definition) is 1. The second-order valence-corrected chi connectivity index (χ2v) is 6.35. The third-order valence-electron chi connectivity index (χ3n) is 3.56. The van der Waals surface area contributed by atoms with Crippen LogP contribution in [0.1, 0.15) is 12.0 Å². The first-order chi connectivity index (χ1) is 10.7. The SMILES string of the molecule is O=C(O)CC1CSCCN1C(=O)COCCc1ccccc1. The molecule has 0 spiro atoms. The Bertz CT molecular complexity index is 494. The first-order valence-corrected chi connectivity index (χ1v) is 8.53. The molecular formula is C16H21NO4S. The predicted molar refractivity (Wildman–Crippen MR) is 86.0 cm³/mol. The summed E-state index contributed by atoms with van der Waals surface area (Å²) in [7, 11) is 0. The van der Waals surface area contributed by atoms with Crippen LogP contribution in [-0.4, -0.2) is 59.2 Å². The minimum atomic E-state index is -0.865. The normalized spacial score (nSPS) is 18.2. The summed E-state index contributed by atoms with van der Waals surface area (Å²) in [6, 6.07) is 9.74. The lowest BCUT2D eigenvalue weighted by molar-refractivity contribution is -0.142. The van der Waals surface area contributed by atoms with Gasteiger partial charge in [-0.15, -0.1) is 0 Å². The Labute approximate surface area is 134 Å². The second kappa shape index (κ2) is 8.80. The van der Waals surface area contributed by atoms with Gasteiger partial charge in [0.15, 0.2) is 0 Å². The molecule has 1 aliphatic heterocycles. The molecule has 1 unspecified atom stereocenters. The lowest BCUT2D eigenvalue weighted by Crippen LogP contribution is -2.48. The molecule has 1 saturated heterocycles. The predicted octanol–water partition coefficient (Wildman–Crippen LogP) is 1.66. The Morgan fingerprint density at radius 2 is 2.09 bits per heavy atom. The summed E-state index contributed by atoms with van der Waals surface area (Å²) < 4.78 is 5.46. The summed E-state index contributed by atoms with van der Waals surface area (Å²) in [4.78, 5) is 24.7. The van der Waals surface area contributed by atoms with Crippen molar-refractivity contribution >= 4 is 23.6 Å². The van der Waals surface area contributed by atoms with Gasteiger partial charge in [-0.05, 0) is 12.0 Å². The van der Waals surface area contributed by atoms with Crippen molar-refractivity contribution in [3.05, 3.63) is 35.9 Å². The van der Waals surface area contributed by atoms with Crippen molar-refractivity contribution in [2.75, 3.05) is 31.3 Å². The molecule has 1 fully saturated rings. The van der Waals surface area contributed by atoms with Crippen LogP contribution in [0, 0.1) is 0 Å². The summed E-state index contributed by atoms with van der Waals surface area (Å²) in [5.41, 5.74) is 1.17. The molecule has 1 aliphatic rings. The third kappa shape index (κ3) is 5.35. The Morgan fingerprint density at radius 1 is 1.32 bits per heavy atom. The highest BCUT2D eigenvalue weighted by molar-refractivity contribution is 7.99. The highest BCUT2D eigenvalue weighted by Gasteiger charge is 2.28. The number of hydrogen-bond acceptors (Lipinski definition) is 4. The molecule has 0 aromatic heterocycles. The van der Waals surface area contributed by atoms with Gasteiger partial charge in [-0.25, -0.2) is 0 Å². The number of aliphatic carboxylic acids is 1. The summed E-state index contributed by atoms with van der Waals surface area (Å²) in [5.74, 6) is 0.559. The third-order valence-corrected chi connectivity index (χ3v) is 4.65. The maximum Gasteiger partial charge on any atom is 0.305 e. The van der Waals surface area contributed by atoms with Gasteiger partial charge >= 0.3 is 5.97 Å². The van der Waals surface area contributed by atoms with Gasteiger partial charge in [0, 0.05) is 18.1 Å². The lowest BCUT2D eigenvalue weighted by Gasteiger charge is -2.34. The second-order valence-electron chi connectivity index (χ2n) is 5.20. The quantitative estimate of drug-likeness (QED) is 0.773. The van der Waals surface area contributed by atoms with Crippen molar-refractivity contribution in [3.63, 3.8) is 0 Å². The Balaban J connectivity index is 1.74. The largest absolute Gasteiger partial charge is 0.481 e. The summed E-state index contributed by atoms with van der Waals surface area (Å²) >= 11 is 1.69. The number of rotatable bonds is 7. The van der Waals surface area contributed by atoms with Crippen LogP contribution in [0.25, 0.3) is 0 Å². The van der Waals surface area contributed by atoms with Crippen molar-refractivity contribution in [1.82, 2.24) is 4.90 Å². The summed E-state index contributed by atoms with van der Waals surface area (Å²) in [6.07, 6.45) is 0.769. The van der Waals surface area contributed by atoms with E-state index in [2.05, 4.69) is 0 Å². The smallest absolute Gasteiger partial charge is 0.305 e. The fraction of sp³-hybridized carbons (Fsp3) is 0.500. The first-order valence-electron chi connectivity index (χ1n) is 7.37. The van der Waals surface area contributed by atoms with Gasteiger partial charge in [-0.1, -0.05) is 30.3 Å². The molecule has 0 saturated carbocycles. The van der Waals surface area contributed by atoms with Crippen LogP contribution < -0.4 is 0 Å². The molecule has 1 aromatic rings. The molecule has 1 amide bonds. The van der Waals surface area contributed by atoms with Gasteiger partial charge in [0.25, 0.3) is 0 Å². The molecule has 1 atom stereocenters. The zero-order chi connectivity index (χ0) is 15.8. The molecule has 2 rings (SSSR count). The van der Waals surface area contributed by atoms with Crippen LogP contribution in [0.15, 0.2) is 30.3 Å². The number of carboxylic acids is 1. The number of carbonyl (C=O) groups excluding carboxylic acids is 1. The van der Waals surface area contributed by atoms with Gasteiger partial charge in [0.2, 0.25) is 5.91 Å². The maximum absolute atomic E-state index is 12.2. The lowest BCUT2D eigenvalue weighted by atomic mass is 10.2. The van der Waals surface area contributed by atoms with Crippen LogP contribution in [0.5, 0.6) is 0 Å². The molecule has 120 valence electrons. The molecule has 0 bridgehead atoms. The average Bonchev–Trinajstić information content (AvgIpc) is 2.52. The van der Waals surface area contributed by atoms with Crippen LogP contribution >= 0.6 is 11.8 Å². The van der Waals surface area contributed by atoms with E-state index in [1.807, 2.05) is 30.3 Å². The topological polar surface area (TPSA) is 66.8 Å². The first kappa shape index (κ1) is 16.8. The van der Waals surface area contributed by atoms with E-state index >= 15 is 0 Å². The van der Waals surface area contributed by atoms with E-state index in [4.69, 9.17) is 9.84 Å². The van der Waals surface area contributed by atoms with Crippen LogP contribution in [0.3, 0.4) is 0 Å². The van der Waals surface area contributed by atoms with E-state index in [1.54, 1.807) is 16.7 Å². The summed E-state index contributed by atoms with van der Waals surface area (Å²) in [5, 5.41) is 8.93. The Hall–Kier alpha value is -1.53. The van der Waals surface area contributed by atoms with Crippen molar-refractivity contribution in [2.45, 2.75) is 18.9 Å². The number of carbonyl (C=O) groups is 2. The number of thioether (sulfide) groups is 1. The highest BCUT2D eigenvalue weighted by Crippen LogP contribution is 2.19. The van der Waals surface area contributed by atoms with Gasteiger partial charge in [0.1, 0.15) is 6.61 Å². The van der Waals surface area contributed by atoms with Crippen molar-refractivity contribution in [1.29, 1.82) is 0 Å². The molecular weight excluding hydrogens is 302 g/mol. The molecule has 5 nitrogen and oxygen atoms in total. The Kier molecular flexibility index (Phi) is 6.74. The van der Waals surface area contributed by atoms with E-state index in [0.29, 0.717) is 18.9 Å². The van der Waals surface area contributed by atoms with E-state index in [-0.39, 0.29) is 25.0 Å². The zero-order valence-corrected chi connectivity index (χ0v) is 13.3. The zero-order valence-electron chi connectivity index (χ0n) is 12.4. The van der Waals surface area contributed by atoms with Crippen LogP contribution in [-0.2, 0) is 20.7 Å². The van der Waals surface area contributed by atoms with Crippen molar-refractivity contribution in [2.24, 2.45) is 0 Å². The molecule has 22 heavy (non-hydrogen) atoms. The molecule has 0 aliphatic carbocycles. The van der Waals surface area contributed by atoms with Gasteiger partial charge in [-0.3, -0.25) is 9.59 Å². The monoisotopic (exact) mass is 323 g/mol. The molecule has 0 radical (unpaired) electrons. The van der Waals surface area contributed by atoms with E-state index in [0.717, 1.165) is 12.2 Å². The van der Waals surface area contributed by atoms with Crippen LogP contribution in [0.4, 0.5) is 0 Å². The Morgan fingerprint density at radius 3 is 2.82 bits per heavy atom. The minimum absolute atomic E-state index is 0.00273. The van der Waals surface area contributed by atoms with Gasteiger partial charge in [0.05, 0.1) is 19.1 Å². The van der Waals surface area contributed by atoms with Crippen molar-refractivity contribution in [3.8, 4) is 0 Å². The van der Waals surface area contributed by atoms with Gasteiger partial charge in [-0.2, -0.15) is 11.8 Å². The number of ether oxygens (including phenoxy) is 1. The fourth-order valence-corrected chi connectivity index (χ4v) is 3.49. The molecule has 1 aromatic carbocycles. The van der Waals surface area contributed by atoms with E-state index < -0.39 is 5.97 Å². The number of nitrogens with zero attached hydrogens (tertiary/aromatic N) is 1. The van der Waals surface area contributed by atoms with Gasteiger partial charge < -0.3 is 14.7 Å². The van der Waals surface area contributed by atoms with Crippen LogP contribution in [0.2, 0.25) is 0 Å². The number of carboxylic acid groups (broad SMARTS) is 1. The van der Waals surface area contributed by atoms with Crippen molar-refractivity contribution < 1.29 is 19.4 Å². The standard InChI is InChI=1S/C16H21NO4S/c18-15(11-21-8-6-13-4-2-1-3-5-13)17-7-9-22-12-14(17)10-16(19)20/h1-5,14H,6-12H2,(H,19,20). The van der Waals surface area contributed by atoms with E-state index in [1.165, 1.54) is 5.56 Å². The molecule has 1 N–H and O–H groups in total.